The fourth-order valence-corrected chi connectivity index (χ4v) is 12.3. The van der Waals surface area contributed by atoms with E-state index in [0.29, 0.717) is 11.8 Å². The molecule has 0 N–H and O–H groups in total. The van der Waals surface area contributed by atoms with Crippen LogP contribution in [0.4, 0.5) is 0 Å². The van der Waals surface area contributed by atoms with Crippen LogP contribution in [0.1, 0.15) is 52.6 Å². The SMILES string of the molecule is C=c1cc2cc3cc4c5c3c3c2c2c1c1c6c7c8c9c6c2c3c2c5c3c(cc5c(c3c92)C8C(C=C7CC=1C)C5)C4. The molecule has 0 heterocycles. The fraction of sp³-hybridized carbons (Fsp3) is 0.150. The van der Waals surface area contributed by atoms with Gasteiger partial charge in [0.25, 0.3) is 0 Å². The van der Waals surface area contributed by atoms with E-state index in [4.69, 9.17) is 6.58 Å². The third-order valence-electron chi connectivity index (χ3n) is 13.0. The van der Waals surface area contributed by atoms with E-state index in [1.807, 2.05) is 0 Å². The van der Waals surface area contributed by atoms with Crippen LogP contribution in [0.3, 0.4) is 0 Å². The molecule has 0 fully saturated rings. The van der Waals surface area contributed by atoms with Gasteiger partial charge in [-0.15, -0.1) is 0 Å². The summed E-state index contributed by atoms with van der Waals surface area (Å²) >= 11 is 0. The standard InChI is InChI=1S/C40H18/c1-11-3-13-5-15-7-17-9-19-10-18-8-16-6-14-4-12(2)21-20(11)29-26(13)31-22(15)24(17)33-28(19)34-25(18)23(16)32-27(14)30(21)36-35(29)37(31)39(33)40(34)38(32)36/h3,5-7,10,16,23H,1,4,8-9H2,2H3. The van der Waals surface area contributed by atoms with Crippen molar-refractivity contribution in [3.63, 3.8) is 0 Å². The molecule has 5 aliphatic carbocycles. The van der Waals surface area contributed by atoms with Gasteiger partial charge in [-0.3, -0.25) is 0 Å². The average molecular weight is 499 g/mol. The molecule has 2 atom stereocenters. The average Bonchev–Trinajstić information content (AvgIpc) is 3.71. The summed E-state index contributed by atoms with van der Waals surface area (Å²) in [5.41, 5.74) is 13.1. The molecule has 0 amide bonds. The first-order valence-electron chi connectivity index (χ1n) is 15.1. The van der Waals surface area contributed by atoms with Crippen LogP contribution in [-0.4, -0.2) is 0 Å². The summed E-state index contributed by atoms with van der Waals surface area (Å²) < 4.78 is 0. The smallest absolute Gasteiger partial charge is 0.0177 e. The minimum atomic E-state index is 0.543. The second kappa shape index (κ2) is 4.45. The lowest BCUT2D eigenvalue weighted by atomic mass is 9.72. The monoisotopic (exact) mass is 498 g/mol. The van der Waals surface area contributed by atoms with E-state index in [-0.39, 0.29) is 0 Å². The van der Waals surface area contributed by atoms with Gasteiger partial charge in [0.15, 0.2) is 0 Å². The van der Waals surface area contributed by atoms with Crippen molar-refractivity contribution >= 4 is 115 Å². The summed E-state index contributed by atoms with van der Waals surface area (Å²) in [4.78, 5) is 0. The highest BCUT2D eigenvalue weighted by molar-refractivity contribution is 6.60. The highest BCUT2D eigenvalue weighted by atomic mass is 14.5. The quantitative estimate of drug-likeness (QED) is 0.184. The van der Waals surface area contributed by atoms with Crippen molar-refractivity contribution in [2.24, 2.45) is 5.92 Å². The maximum absolute atomic E-state index is 4.77. The van der Waals surface area contributed by atoms with Crippen molar-refractivity contribution in [2.45, 2.75) is 32.1 Å². The first-order valence-corrected chi connectivity index (χ1v) is 15.1. The molecule has 0 bridgehead atoms. The third kappa shape index (κ3) is 1.21. The maximum atomic E-state index is 4.77. The Hall–Kier alpha value is -4.42. The van der Waals surface area contributed by atoms with Gasteiger partial charge in [0, 0.05) is 5.92 Å². The molecule has 2 unspecified atom stereocenters. The molecular formula is C40H18. The molecule has 0 heteroatoms. The highest BCUT2D eigenvalue weighted by Crippen LogP contribution is 2.68. The zero-order chi connectivity index (χ0) is 25.0. The zero-order valence-electron chi connectivity index (χ0n) is 21.9. The molecule has 0 spiro atoms. The van der Waals surface area contributed by atoms with Crippen LogP contribution in [-0.2, 0) is 12.8 Å². The normalized spacial score (nSPS) is 22.0. The van der Waals surface area contributed by atoms with E-state index < -0.39 is 0 Å². The third-order valence-corrected chi connectivity index (χ3v) is 13.0. The lowest BCUT2D eigenvalue weighted by Crippen LogP contribution is -2.22. The molecule has 178 valence electrons. The van der Waals surface area contributed by atoms with E-state index in [1.54, 1.807) is 115 Å². The van der Waals surface area contributed by atoms with Gasteiger partial charge in [0.05, 0.1) is 0 Å². The van der Waals surface area contributed by atoms with Crippen LogP contribution >= 0.6 is 0 Å². The van der Waals surface area contributed by atoms with Gasteiger partial charge in [-0.25, -0.2) is 0 Å². The number of benzene rings is 6. The van der Waals surface area contributed by atoms with E-state index in [9.17, 15) is 0 Å². The first-order chi connectivity index (χ1) is 19.7. The van der Waals surface area contributed by atoms with Crippen molar-refractivity contribution in [3.8, 4) is 0 Å². The second-order valence-electron chi connectivity index (χ2n) is 14.3. The van der Waals surface area contributed by atoms with Crippen LogP contribution in [0.25, 0.3) is 115 Å². The fourth-order valence-electron chi connectivity index (χ4n) is 12.3. The summed E-state index contributed by atoms with van der Waals surface area (Å²) in [7, 11) is 0. The Labute approximate surface area is 226 Å². The Morgan fingerprint density at radius 3 is 2.12 bits per heavy atom. The second-order valence-corrected chi connectivity index (χ2v) is 14.3. The van der Waals surface area contributed by atoms with Gasteiger partial charge in [0.2, 0.25) is 0 Å². The van der Waals surface area contributed by atoms with Crippen LogP contribution in [0.2, 0.25) is 0 Å². The van der Waals surface area contributed by atoms with Crippen LogP contribution in [0, 0.1) is 5.92 Å². The Bertz CT molecular complexity index is 3180. The number of rotatable bonds is 0. The van der Waals surface area contributed by atoms with Crippen LogP contribution in [0.5, 0.6) is 0 Å². The molecule has 10 aromatic rings. The minimum absolute atomic E-state index is 0.543. The first kappa shape index (κ1) is 17.3. The summed E-state index contributed by atoms with van der Waals surface area (Å²) in [6.45, 7) is 7.19. The minimum Gasteiger partial charge on any atom is -0.0911 e. The van der Waals surface area contributed by atoms with Crippen LogP contribution in [0.15, 0.2) is 30.3 Å². The molecule has 10 aromatic carbocycles. The van der Waals surface area contributed by atoms with E-state index in [0.717, 1.165) is 12.8 Å². The lowest BCUT2D eigenvalue weighted by molar-refractivity contribution is 0.618. The van der Waals surface area contributed by atoms with Crippen molar-refractivity contribution in [2.75, 3.05) is 0 Å². The van der Waals surface area contributed by atoms with E-state index in [1.165, 1.54) is 43.8 Å². The molecule has 40 heavy (non-hydrogen) atoms. The van der Waals surface area contributed by atoms with Gasteiger partial charge in [-0.2, -0.15) is 0 Å². The van der Waals surface area contributed by atoms with Gasteiger partial charge in [-0.1, -0.05) is 30.4 Å². The molecular weight excluding hydrogens is 480 g/mol. The van der Waals surface area contributed by atoms with E-state index in [2.05, 4.69) is 37.3 Å². The lowest BCUT2D eigenvalue weighted by Gasteiger charge is -2.31. The molecule has 0 saturated carbocycles. The summed E-state index contributed by atoms with van der Waals surface area (Å²) in [6, 6.07) is 10.2. The molecule has 0 aliphatic heterocycles. The van der Waals surface area contributed by atoms with Crippen LogP contribution < -0.4 is 10.4 Å². The Morgan fingerprint density at radius 2 is 1.23 bits per heavy atom. The number of fused-ring (bicyclic) bond motifs is 1. The van der Waals surface area contributed by atoms with Gasteiger partial charge in [-0.05, 0) is 191 Å². The topological polar surface area (TPSA) is 0 Å². The number of allylic oxidation sites excluding steroid dienone is 2. The van der Waals surface area contributed by atoms with Gasteiger partial charge in [0.1, 0.15) is 0 Å². The Morgan fingerprint density at radius 1 is 0.575 bits per heavy atom. The summed E-state index contributed by atoms with van der Waals surface area (Å²) in [6.07, 6.45) is 6.13. The van der Waals surface area contributed by atoms with Gasteiger partial charge >= 0.3 is 0 Å². The predicted molar refractivity (Wildman–Crippen MR) is 169 cm³/mol. The highest BCUT2D eigenvalue weighted by Gasteiger charge is 2.48. The molecule has 0 aromatic heterocycles. The molecule has 0 saturated heterocycles. The van der Waals surface area contributed by atoms with E-state index >= 15 is 0 Å². The molecule has 5 aliphatic rings. The zero-order valence-corrected chi connectivity index (χ0v) is 21.9. The molecule has 0 radical (unpaired) electrons. The largest absolute Gasteiger partial charge is 0.0911 e. The number of hydrogen-bond acceptors (Lipinski definition) is 0. The van der Waals surface area contributed by atoms with Crippen molar-refractivity contribution in [3.05, 3.63) is 74.2 Å². The van der Waals surface area contributed by atoms with Crippen molar-refractivity contribution in [1.29, 1.82) is 0 Å². The number of hydrogen-bond donors (Lipinski definition) is 0. The summed E-state index contributed by atoms with van der Waals surface area (Å²) in [5.74, 6) is 1.16. The Kier molecular flexibility index (Phi) is 1.93. The molecule has 15 rings (SSSR count). The van der Waals surface area contributed by atoms with Crippen molar-refractivity contribution < 1.29 is 0 Å². The van der Waals surface area contributed by atoms with Gasteiger partial charge < -0.3 is 0 Å². The molecule has 0 nitrogen and oxygen atoms in total. The Balaban J connectivity index is 1.55. The van der Waals surface area contributed by atoms with Crippen molar-refractivity contribution in [1.82, 2.24) is 0 Å². The predicted octanol–water partition coefficient (Wildman–Crippen LogP) is 8.60. The summed E-state index contributed by atoms with van der Waals surface area (Å²) in [5, 5.41) is 31.1. The maximum Gasteiger partial charge on any atom is 0.0177 e.